The zero-order valence-electron chi connectivity index (χ0n) is 13.1. The Kier molecular flexibility index (Phi) is 5.02. The first-order chi connectivity index (χ1) is 10.8. The molecule has 0 bridgehead atoms. The van der Waals surface area contributed by atoms with E-state index in [-0.39, 0.29) is 10.5 Å². The van der Waals surface area contributed by atoms with Gasteiger partial charge in [0.25, 0.3) is 15.9 Å². The van der Waals surface area contributed by atoms with Crippen molar-refractivity contribution in [3.63, 3.8) is 0 Å². The normalized spacial score (nSPS) is 11.1. The molecule has 0 atom stereocenters. The Bertz CT molecular complexity index is 832. The quantitative estimate of drug-likeness (QED) is 0.822. The van der Waals surface area contributed by atoms with Gasteiger partial charge in [0.05, 0.1) is 12.0 Å². The third-order valence-electron chi connectivity index (χ3n) is 3.20. The molecule has 2 aromatic carbocycles. The first-order valence-electron chi connectivity index (χ1n) is 6.87. The van der Waals surface area contributed by atoms with Crippen LogP contribution in [0.1, 0.15) is 21.5 Å². The molecule has 0 saturated heterocycles. The van der Waals surface area contributed by atoms with Crippen LogP contribution in [0.15, 0.2) is 47.4 Å². The molecule has 0 aliphatic rings. The van der Waals surface area contributed by atoms with Gasteiger partial charge in [-0.2, -0.15) is 0 Å². The van der Waals surface area contributed by atoms with Crippen molar-refractivity contribution in [3.8, 4) is 0 Å². The molecule has 1 amide bonds. The number of hydroxylamine groups is 1. The van der Waals surface area contributed by atoms with Gasteiger partial charge in [-0.1, -0.05) is 18.2 Å². The van der Waals surface area contributed by atoms with E-state index in [1.54, 1.807) is 37.3 Å². The van der Waals surface area contributed by atoms with Gasteiger partial charge in [0.1, 0.15) is 0 Å². The second-order valence-corrected chi connectivity index (χ2v) is 6.74. The van der Waals surface area contributed by atoms with Gasteiger partial charge < -0.3 is 0 Å². The fourth-order valence-corrected chi connectivity index (χ4v) is 3.46. The van der Waals surface area contributed by atoms with E-state index in [0.717, 1.165) is 5.56 Å². The largest absolute Gasteiger partial charge is 0.280 e. The Labute approximate surface area is 135 Å². The summed E-state index contributed by atoms with van der Waals surface area (Å²) in [5.74, 6) is -0.458. The highest BCUT2D eigenvalue weighted by Gasteiger charge is 2.17. The maximum absolute atomic E-state index is 12.5. The Hall–Kier alpha value is -2.38. The molecule has 23 heavy (non-hydrogen) atoms. The number of benzene rings is 2. The van der Waals surface area contributed by atoms with Crippen LogP contribution in [0.3, 0.4) is 0 Å². The zero-order valence-corrected chi connectivity index (χ0v) is 13.9. The number of carbonyl (C=O) groups excluding carboxylic acids is 1. The van der Waals surface area contributed by atoms with Crippen molar-refractivity contribution in [1.82, 2.24) is 5.48 Å². The number of carbonyl (C=O) groups is 1. The maximum Gasteiger partial charge on any atom is 0.274 e. The molecule has 0 unspecified atom stereocenters. The van der Waals surface area contributed by atoms with Crippen LogP contribution in [-0.4, -0.2) is 21.4 Å². The molecule has 0 aromatic heterocycles. The van der Waals surface area contributed by atoms with Crippen molar-refractivity contribution >= 4 is 21.6 Å². The van der Waals surface area contributed by atoms with Gasteiger partial charge in [0.2, 0.25) is 0 Å². The van der Waals surface area contributed by atoms with E-state index in [4.69, 9.17) is 0 Å². The lowest BCUT2D eigenvalue weighted by molar-refractivity contribution is 0.0537. The summed E-state index contributed by atoms with van der Waals surface area (Å²) in [4.78, 5) is 16.5. The minimum Gasteiger partial charge on any atom is -0.280 e. The lowest BCUT2D eigenvalue weighted by atomic mass is 10.2. The molecule has 0 aliphatic heterocycles. The molecule has 0 radical (unpaired) electrons. The molecule has 122 valence electrons. The van der Waals surface area contributed by atoms with Crippen molar-refractivity contribution in [1.29, 1.82) is 0 Å². The van der Waals surface area contributed by atoms with E-state index in [2.05, 4.69) is 15.0 Å². The van der Waals surface area contributed by atoms with Gasteiger partial charge in [-0.15, -0.1) is 0 Å². The van der Waals surface area contributed by atoms with Crippen LogP contribution in [0.2, 0.25) is 0 Å². The van der Waals surface area contributed by atoms with Crippen LogP contribution >= 0.6 is 0 Å². The Balaban J connectivity index is 2.32. The molecule has 6 nitrogen and oxygen atoms in total. The van der Waals surface area contributed by atoms with E-state index < -0.39 is 15.9 Å². The van der Waals surface area contributed by atoms with E-state index in [9.17, 15) is 13.2 Å². The fourth-order valence-electron chi connectivity index (χ4n) is 2.08. The van der Waals surface area contributed by atoms with Crippen LogP contribution < -0.4 is 10.2 Å². The second-order valence-electron chi connectivity index (χ2n) is 5.09. The first-order valence-corrected chi connectivity index (χ1v) is 8.35. The fraction of sp³-hybridized carbons (Fsp3) is 0.188. The smallest absolute Gasteiger partial charge is 0.274 e. The van der Waals surface area contributed by atoms with Crippen LogP contribution in [0.5, 0.6) is 0 Å². The molecule has 0 heterocycles. The van der Waals surface area contributed by atoms with Crippen molar-refractivity contribution in [2.45, 2.75) is 18.7 Å². The van der Waals surface area contributed by atoms with Crippen LogP contribution in [0, 0.1) is 13.8 Å². The molecule has 0 aliphatic carbocycles. The number of hydrogen-bond donors (Lipinski definition) is 2. The van der Waals surface area contributed by atoms with E-state index in [1.807, 2.05) is 13.0 Å². The number of anilines is 1. The monoisotopic (exact) mass is 334 g/mol. The number of hydrogen-bond acceptors (Lipinski definition) is 4. The predicted octanol–water partition coefficient (Wildman–Crippen LogP) is 2.40. The van der Waals surface area contributed by atoms with Crippen LogP contribution in [0.25, 0.3) is 0 Å². The van der Waals surface area contributed by atoms with E-state index in [0.29, 0.717) is 11.3 Å². The number of sulfonamides is 1. The zero-order chi connectivity index (χ0) is 17.0. The lowest BCUT2D eigenvalue weighted by Crippen LogP contribution is -2.22. The molecule has 0 saturated carbocycles. The third-order valence-corrected chi connectivity index (χ3v) is 4.73. The first kappa shape index (κ1) is 17.0. The SMILES string of the molecule is CONC(=O)c1cccc(NS(=O)(=O)c2cc(C)ccc2C)c1. The molecule has 7 heteroatoms. The molecule has 0 spiro atoms. The Morgan fingerprint density at radius 1 is 1.09 bits per heavy atom. The van der Waals surface area contributed by atoms with Gasteiger partial charge in [0.15, 0.2) is 0 Å². The van der Waals surface area contributed by atoms with Crippen molar-refractivity contribution in [2.75, 3.05) is 11.8 Å². The molecular weight excluding hydrogens is 316 g/mol. The van der Waals surface area contributed by atoms with E-state index >= 15 is 0 Å². The topological polar surface area (TPSA) is 84.5 Å². The average Bonchev–Trinajstić information content (AvgIpc) is 2.49. The summed E-state index contributed by atoms with van der Waals surface area (Å²) in [5, 5.41) is 0. The third kappa shape index (κ3) is 4.08. The highest BCUT2D eigenvalue weighted by atomic mass is 32.2. The van der Waals surface area contributed by atoms with Crippen molar-refractivity contribution in [2.24, 2.45) is 0 Å². The summed E-state index contributed by atoms with van der Waals surface area (Å²) in [5.41, 5.74) is 4.27. The van der Waals surface area contributed by atoms with Crippen LogP contribution in [0.4, 0.5) is 5.69 Å². The highest BCUT2D eigenvalue weighted by molar-refractivity contribution is 7.92. The summed E-state index contributed by atoms with van der Waals surface area (Å²) >= 11 is 0. The molecule has 2 N–H and O–H groups in total. The Morgan fingerprint density at radius 3 is 2.52 bits per heavy atom. The van der Waals surface area contributed by atoms with Crippen molar-refractivity contribution in [3.05, 3.63) is 59.2 Å². The highest BCUT2D eigenvalue weighted by Crippen LogP contribution is 2.21. The van der Waals surface area contributed by atoms with E-state index in [1.165, 1.54) is 13.2 Å². The molecule has 0 fully saturated rings. The number of aryl methyl sites for hydroxylation is 2. The maximum atomic E-state index is 12.5. The number of amides is 1. The summed E-state index contributed by atoms with van der Waals surface area (Å²) in [7, 11) is -2.41. The molecule has 2 rings (SSSR count). The van der Waals surface area contributed by atoms with Crippen LogP contribution in [-0.2, 0) is 14.9 Å². The molecule has 2 aromatic rings. The molecular formula is C16H18N2O4S. The standard InChI is InChI=1S/C16H18N2O4S/c1-11-7-8-12(2)15(9-11)23(20,21)18-14-6-4-5-13(10-14)16(19)17-22-3/h4-10,18H,1-3H3,(H,17,19). The van der Waals surface area contributed by atoms with Crippen molar-refractivity contribution < 1.29 is 18.0 Å². The van der Waals surface area contributed by atoms with Gasteiger partial charge in [-0.3, -0.25) is 14.4 Å². The Morgan fingerprint density at radius 2 is 1.83 bits per heavy atom. The lowest BCUT2D eigenvalue weighted by Gasteiger charge is -2.12. The van der Waals surface area contributed by atoms with Gasteiger partial charge >= 0.3 is 0 Å². The second kappa shape index (κ2) is 6.80. The minimum atomic E-state index is -3.73. The summed E-state index contributed by atoms with van der Waals surface area (Å²) in [6, 6.07) is 11.4. The number of nitrogens with one attached hydrogen (secondary N) is 2. The summed E-state index contributed by atoms with van der Waals surface area (Å²) in [6.45, 7) is 3.56. The van der Waals surface area contributed by atoms with Gasteiger partial charge in [-0.25, -0.2) is 13.9 Å². The number of rotatable bonds is 5. The average molecular weight is 334 g/mol. The summed E-state index contributed by atoms with van der Waals surface area (Å²) < 4.78 is 27.6. The summed E-state index contributed by atoms with van der Waals surface area (Å²) in [6.07, 6.45) is 0. The van der Waals surface area contributed by atoms with Gasteiger partial charge in [-0.05, 0) is 49.2 Å². The minimum absolute atomic E-state index is 0.212. The predicted molar refractivity (Wildman–Crippen MR) is 87.6 cm³/mol. The van der Waals surface area contributed by atoms with Gasteiger partial charge in [0, 0.05) is 11.3 Å².